The van der Waals surface area contributed by atoms with Crippen LogP contribution in [-0.4, -0.2) is 24.3 Å². The SMILES string of the molecule is CN(Cc1ccco1)S(=O)(=O)c1cc(CN)n(C)c1. The number of aryl methyl sites for hydroxylation is 1. The lowest BCUT2D eigenvalue weighted by Gasteiger charge is -2.14. The van der Waals surface area contributed by atoms with Crippen molar-refractivity contribution in [2.24, 2.45) is 12.8 Å². The Labute approximate surface area is 112 Å². The fraction of sp³-hybridized carbons (Fsp3) is 0.333. The van der Waals surface area contributed by atoms with Gasteiger partial charge in [0.05, 0.1) is 12.8 Å². The standard InChI is InChI=1S/C12H17N3O3S/c1-14-9-12(6-10(14)7-13)19(16,17)15(2)8-11-4-3-5-18-11/h3-6,9H,7-8,13H2,1-2H3. The van der Waals surface area contributed by atoms with Crippen LogP contribution in [0.3, 0.4) is 0 Å². The van der Waals surface area contributed by atoms with Crippen molar-refractivity contribution in [3.63, 3.8) is 0 Å². The number of nitrogens with two attached hydrogens (primary N) is 1. The van der Waals surface area contributed by atoms with Gasteiger partial charge in [-0.25, -0.2) is 8.42 Å². The molecule has 0 fully saturated rings. The van der Waals surface area contributed by atoms with E-state index in [0.29, 0.717) is 12.3 Å². The van der Waals surface area contributed by atoms with Crippen molar-refractivity contribution in [3.05, 3.63) is 42.1 Å². The quantitative estimate of drug-likeness (QED) is 0.884. The summed E-state index contributed by atoms with van der Waals surface area (Å²) in [7, 11) is -0.238. The van der Waals surface area contributed by atoms with Crippen LogP contribution in [0.15, 0.2) is 40.0 Å². The third-order valence-corrected chi connectivity index (χ3v) is 4.73. The fourth-order valence-corrected chi connectivity index (χ4v) is 3.04. The first-order valence-electron chi connectivity index (χ1n) is 5.79. The molecule has 0 aliphatic carbocycles. The summed E-state index contributed by atoms with van der Waals surface area (Å²) in [5.41, 5.74) is 6.32. The molecule has 2 aromatic heterocycles. The minimum atomic E-state index is -3.53. The molecule has 0 aromatic carbocycles. The smallest absolute Gasteiger partial charge is 0.244 e. The predicted molar refractivity (Wildman–Crippen MR) is 70.7 cm³/mol. The average Bonchev–Trinajstić information content (AvgIpc) is 2.98. The van der Waals surface area contributed by atoms with Crippen LogP contribution in [-0.2, 0) is 30.2 Å². The Morgan fingerprint density at radius 1 is 1.47 bits per heavy atom. The first-order valence-corrected chi connectivity index (χ1v) is 7.23. The minimum absolute atomic E-state index is 0.197. The number of hydrogen-bond donors (Lipinski definition) is 1. The Bertz CT molecular complexity index is 644. The van der Waals surface area contributed by atoms with E-state index < -0.39 is 10.0 Å². The highest BCUT2D eigenvalue weighted by atomic mass is 32.2. The van der Waals surface area contributed by atoms with Crippen LogP contribution in [0.4, 0.5) is 0 Å². The molecule has 2 rings (SSSR count). The third-order valence-electron chi connectivity index (χ3n) is 2.96. The Hall–Kier alpha value is -1.57. The van der Waals surface area contributed by atoms with E-state index in [9.17, 15) is 8.42 Å². The van der Waals surface area contributed by atoms with Crippen molar-refractivity contribution in [1.29, 1.82) is 0 Å². The largest absolute Gasteiger partial charge is 0.468 e. The molecule has 2 heterocycles. The lowest BCUT2D eigenvalue weighted by molar-refractivity contribution is 0.406. The first kappa shape index (κ1) is 13.9. The lowest BCUT2D eigenvalue weighted by atomic mass is 10.4. The second kappa shape index (κ2) is 5.20. The fourth-order valence-electron chi connectivity index (χ4n) is 1.81. The molecule has 0 unspecified atom stereocenters. The van der Waals surface area contributed by atoms with Crippen molar-refractivity contribution in [3.8, 4) is 0 Å². The van der Waals surface area contributed by atoms with E-state index in [2.05, 4.69) is 0 Å². The van der Waals surface area contributed by atoms with E-state index in [1.54, 1.807) is 36.0 Å². The van der Waals surface area contributed by atoms with Crippen LogP contribution in [0.25, 0.3) is 0 Å². The van der Waals surface area contributed by atoms with Gasteiger partial charge < -0.3 is 14.7 Å². The summed E-state index contributed by atoms with van der Waals surface area (Å²) >= 11 is 0. The van der Waals surface area contributed by atoms with Crippen LogP contribution >= 0.6 is 0 Å². The first-order chi connectivity index (χ1) is 8.95. The Kier molecular flexibility index (Phi) is 3.79. The van der Waals surface area contributed by atoms with Gasteiger partial charge in [0.2, 0.25) is 10.0 Å². The van der Waals surface area contributed by atoms with Crippen molar-refractivity contribution in [2.75, 3.05) is 7.05 Å². The summed E-state index contributed by atoms with van der Waals surface area (Å²) in [6, 6.07) is 5.06. The zero-order chi connectivity index (χ0) is 14.0. The molecule has 104 valence electrons. The van der Waals surface area contributed by atoms with Crippen LogP contribution < -0.4 is 5.73 Å². The zero-order valence-corrected chi connectivity index (χ0v) is 11.7. The van der Waals surface area contributed by atoms with Gasteiger partial charge in [0, 0.05) is 32.5 Å². The van der Waals surface area contributed by atoms with Crippen LogP contribution in [0, 0.1) is 0 Å². The van der Waals surface area contributed by atoms with Gasteiger partial charge in [-0.15, -0.1) is 0 Å². The lowest BCUT2D eigenvalue weighted by Crippen LogP contribution is -2.26. The molecule has 0 amide bonds. The predicted octanol–water partition coefficient (Wildman–Crippen LogP) is 0.897. The van der Waals surface area contributed by atoms with Gasteiger partial charge in [-0.2, -0.15) is 4.31 Å². The van der Waals surface area contributed by atoms with Gasteiger partial charge >= 0.3 is 0 Å². The summed E-state index contributed by atoms with van der Waals surface area (Å²) in [5, 5.41) is 0. The molecule has 0 saturated heterocycles. The van der Waals surface area contributed by atoms with Crippen LogP contribution in [0.1, 0.15) is 11.5 Å². The van der Waals surface area contributed by atoms with Gasteiger partial charge in [-0.1, -0.05) is 0 Å². The molecule has 0 aliphatic rings. The highest BCUT2D eigenvalue weighted by Crippen LogP contribution is 2.19. The molecule has 0 atom stereocenters. The van der Waals surface area contributed by atoms with Gasteiger partial charge in [0.25, 0.3) is 0 Å². The highest BCUT2D eigenvalue weighted by molar-refractivity contribution is 7.89. The number of hydrogen-bond acceptors (Lipinski definition) is 4. The third kappa shape index (κ3) is 2.73. The summed E-state index contributed by atoms with van der Waals surface area (Å²) in [4.78, 5) is 0.240. The minimum Gasteiger partial charge on any atom is -0.468 e. The molecule has 19 heavy (non-hydrogen) atoms. The van der Waals surface area contributed by atoms with Crippen molar-refractivity contribution in [1.82, 2.24) is 8.87 Å². The van der Waals surface area contributed by atoms with Crippen molar-refractivity contribution >= 4 is 10.0 Å². The van der Waals surface area contributed by atoms with Gasteiger partial charge in [0.1, 0.15) is 10.7 Å². The van der Waals surface area contributed by atoms with Gasteiger partial charge in [-0.3, -0.25) is 0 Å². The van der Waals surface area contributed by atoms with Gasteiger partial charge in [-0.05, 0) is 18.2 Å². The number of sulfonamides is 1. The monoisotopic (exact) mass is 283 g/mol. The van der Waals surface area contributed by atoms with E-state index in [-0.39, 0.29) is 11.4 Å². The number of aromatic nitrogens is 1. The van der Waals surface area contributed by atoms with Gasteiger partial charge in [0.15, 0.2) is 0 Å². The summed E-state index contributed by atoms with van der Waals surface area (Å²) in [5.74, 6) is 0.598. The van der Waals surface area contributed by atoms with Crippen LogP contribution in [0.5, 0.6) is 0 Å². The Morgan fingerprint density at radius 2 is 2.21 bits per heavy atom. The topological polar surface area (TPSA) is 81.5 Å². The van der Waals surface area contributed by atoms with Crippen molar-refractivity contribution < 1.29 is 12.8 Å². The summed E-state index contributed by atoms with van der Waals surface area (Å²) in [6.07, 6.45) is 3.08. The molecule has 0 aliphatic heterocycles. The molecule has 0 bridgehead atoms. The Balaban J connectivity index is 2.25. The van der Waals surface area contributed by atoms with E-state index in [1.165, 1.54) is 17.6 Å². The molecule has 2 aromatic rings. The second-order valence-electron chi connectivity index (χ2n) is 4.32. The Morgan fingerprint density at radius 3 is 2.74 bits per heavy atom. The van der Waals surface area contributed by atoms with Crippen LogP contribution in [0.2, 0.25) is 0 Å². The molecular formula is C12H17N3O3S. The molecule has 0 spiro atoms. The highest BCUT2D eigenvalue weighted by Gasteiger charge is 2.23. The molecule has 6 nitrogen and oxygen atoms in total. The normalized spacial score (nSPS) is 12.2. The molecule has 0 saturated carbocycles. The van der Waals surface area contributed by atoms with Crippen molar-refractivity contribution in [2.45, 2.75) is 18.0 Å². The van der Waals surface area contributed by atoms with E-state index in [0.717, 1.165) is 5.69 Å². The molecule has 2 N–H and O–H groups in total. The maximum absolute atomic E-state index is 12.4. The average molecular weight is 283 g/mol. The van der Waals surface area contributed by atoms with E-state index in [4.69, 9.17) is 10.2 Å². The second-order valence-corrected chi connectivity index (χ2v) is 6.37. The van der Waals surface area contributed by atoms with E-state index >= 15 is 0 Å². The number of nitrogens with zero attached hydrogens (tertiary/aromatic N) is 2. The maximum atomic E-state index is 12.4. The summed E-state index contributed by atoms with van der Waals surface area (Å²) in [6.45, 7) is 0.496. The molecular weight excluding hydrogens is 266 g/mol. The number of rotatable bonds is 5. The zero-order valence-electron chi connectivity index (χ0n) is 10.9. The van der Waals surface area contributed by atoms with E-state index in [1.807, 2.05) is 0 Å². The number of furan rings is 1. The summed E-state index contributed by atoms with van der Waals surface area (Å²) < 4.78 is 32.9. The molecule has 0 radical (unpaired) electrons. The maximum Gasteiger partial charge on any atom is 0.244 e. The molecule has 7 heteroatoms.